The van der Waals surface area contributed by atoms with E-state index < -0.39 is 16.7 Å². The van der Waals surface area contributed by atoms with Crippen LogP contribution in [0.4, 0.5) is 17.1 Å². The van der Waals surface area contributed by atoms with Crippen LogP contribution in [0.3, 0.4) is 0 Å². The average molecular weight is 501 g/mol. The van der Waals surface area contributed by atoms with Crippen LogP contribution in [0, 0.1) is 35.3 Å². The molecule has 0 radical (unpaired) electrons. The number of hydrogen-bond donors (Lipinski definition) is 2. The lowest BCUT2D eigenvalue weighted by Crippen LogP contribution is -2.20. The molecular weight excluding hydrogens is 476 g/mol. The van der Waals surface area contributed by atoms with Gasteiger partial charge in [-0.15, -0.1) is 0 Å². The Bertz CT molecular complexity index is 1420. The summed E-state index contributed by atoms with van der Waals surface area (Å²) >= 11 is 0. The quantitative estimate of drug-likeness (QED) is 0.186. The van der Waals surface area contributed by atoms with Crippen LogP contribution in [0.1, 0.15) is 16.7 Å². The number of anilines is 2. The summed E-state index contributed by atoms with van der Waals surface area (Å²) in [5.74, 6) is -0.536. The molecule has 3 aromatic rings. The number of methoxy groups -OCH3 is 1. The Labute approximate surface area is 213 Å². The topological polar surface area (TPSA) is 144 Å². The highest BCUT2D eigenvalue weighted by Gasteiger charge is 2.14. The number of carbonyl (C=O) groups excluding carboxylic acids is 2. The third kappa shape index (κ3) is 6.93. The SMILES string of the molecule is COc1cc(/C=C(/C#N)C(=O)Nc2cccc(C)c2C)ccc1OCC(=O)Nc1cccc([N+](=O)[O-])c1. The van der Waals surface area contributed by atoms with Crippen molar-refractivity contribution < 1.29 is 24.0 Å². The molecule has 0 saturated carbocycles. The Morgan fingerprint density at radius 1 is 1.05 bits per heavy atom. The predicted molar refractivity (Wildman–Crippen MR) is 138 cm³/mol. The van der Waals surface area contributed by atoms with Crippen molar-refractivity contribution in [2.24, 2.45) is 0 Å². The van der Waals surface area contributed by atoms with Crippen molar-refractivity contribution in [2.45, 2.75) is 13.8 Å². The zero-order chi connectivity index (χ0) is 26.9. The average Bonchev–Trinajstić information content (AvgIpc) is 2.89. The van der Waals surface area contributed by atoms with Gasteiger partial charge in [-0.2, -0.15) is 5.26 Å². The highest BCUT2D eigenvalue weighted by Crippen LogP contribution is 2.29. The lowest BCUT2D eigenvalue weighted by molar-refractivity contribution is -0.384. The molecule has 0 aromatic heterocycles. The fourth-order valence-electron chi connectivity index (χ4n) is 3.32. The van der Waals surface area contributed by atoms with E-state index in [9.17, 15) is 25.0 Å². The Morgan fingerprint density at radius 3 is 2.51 bits per heavy atom. The van der Waals surface area contributed by atoms with Crippen molar-refractivity contribution in [1.82, 2.24) is 0 Å². The zero-order valence-electron chi connectivity index (χ0n) is 20.4. The van der Waals surface area contributed by atoms with Crippen LogP contribution < -0.4 is 20.1 Å². The minimum atomic E-state index is -0.558. The van der Waals surface area contributed by atoms with E-state index >= 15 is 0 Å². The van der Waals surface area contributed by atoms with Gasteiger partial charge >= 0.3 is 0 Å². The number of non-ortho nitro benzene ring substituents is 1. The number of hydrogen-bond acceptors (Lipinski definition) is 7. The summed E-state index contributed by atoms with van der Waals surface area (Å²) in [6.07, 6.45) is 1.42. The molecule has 0 aliphatic rings. The second-order valence-electron chi connectivity index (χ2n) is 7.93. The van der Waals surface area contributed by atoms with E-state index in [1.54, 1.807) is 24.3 Å². The molecule has 0 aliphatic carbocycles. The number of ether oxygens (including phenoxy) is 2. The number of nitriles is 1. The predicted octanol–water partition coefficient (Wildman–Crippen LogP) is 4.78. The number of rotatable bonds is 9. The molecule has 10 heteroatoms. The third-order valence-corrected chi connectivity index (χ3v) is 5.42. The van der Waals surface area contributed by atoms with Crippen molar-refractivity contribution >= 4 is 35.0 Å². The molecule has 0 spiro atoms. The van der Waals surface area contributed by atoms with E-state index in [-0.39, 0.29) is 35.1 Å². The van der Waals surface area contributed by atoms with Crippen molar-refractivity contribution in [3.05, 3.63) is 93.0 Å². The van der Waals surface area contributed by atoms with Gasteiger partial charge in [-0.05, 0) is 60.9 Å². The second kappa shape index (κ2) is 12.0. The van der Waals surface area contributed by atoms with E-state index in [4.69, 9.17) is 9.47 Å². The van der Waals surface area contributed by atoms with Crippen LogP contribution >= 0.6 is 0 Å². The first-order valence-electron chi connectivity index (χ1n) is 11.1. The Morgan fingerprint density at radius 2 is 1.81 bits per heavy atom. The molecular formula is C27H24N4O6. The maximum Gasteiger partial charge on any atom is 0.271 e. The minimum absolute atomic E-state index is 0.104. The Hall–Kier alpha value is -5.17. The molecule has 10 nitrogen and oxygen atoms in total. The molecule has 37 heavy (non-hydrogen) atoms. The molecule has 0 atom stereocenters. The van der Waals surface area contributed by atoms with E-state index in [1.807, 2.05) is 32.0 Å². The molecule has 0 saturated heterocycles. The van der Waals surface area contributed by atoms with E-state index in [0.717, 1.165) is 11.1 Å². The van der Waals surface area contributed by atoms with Gasteiger partial charge in [-0.25, -0.2) is 0 Å². The highest BCUT2D eigenvalue weighted by molar-refractivity contribution is 6.10. The van der Waals surface area contributed by atoms with Gasteiger partial charge in [-0.3, -0.25) is 19.7 Å². The molecule has 3 rings (SSSR count). The standard InChI is InChI=1S/C27H24N4O6/c1-17-6-4-9-23(18(17)2)30-27(33)20(15-28)12-19-10-11-24(25(13-19)36-3)37-16-26(32)29-21-7-5-8-22(14-21)31(34)35/h4-14H,16H2,1-3H3,(H,29,32)(H,30,33)/b20-12-. The van der Waals surface area contributed by atoms with Crippen LogP contribution in [-0.4, -0.2) is 30.5 Å². The first kappa shape index (κ1) is 26.4. The Balaban J connectivity index is 1.69. The summed E-state index contributed by atoms with van der Waals surface area (Å²) in [7, 11) is 1.41. The Kier molecular flexibility index (Phi) is 8.57. The summed E-state index contributed by atoms with van der Waals surface area (Å²) in [4.78, 5) is 35.3. The molecule has 188 valence electrons. The number of nitro groups is 1. The van der Waals surface area contributed by atoms with Crippen LogP contribution in [0.2, 0.25) is 0 Å². The summed E-state index contributed by atoms with van der Waals surface area (Å²) in [6.45, 7) is 3.43. The van der Waals surface area contributed by atoms with Gasteiger partial charge in [0.15, 0.2) is 18.1 Å². The smallest absolute Gasteiger partial charge is 0.271 e. The van der Waals surface area contributed by atoms with Gasteiger partial charge in [0.25, 0.3) is 17.5 Å². The molecule has 0 aliphatic heterocycles. The van der Waals surface area contributed by atoms with Gasteiger partial charge in [0.2, 0.25) is 0 Å². The molecule has 2 amide bonds. The van der Waals surface area contributed by atoms with Gasteiger partial charge in [-0.1, -0.05) is 24.3 Å². The van der Waals surface area contributed by atoms with Crippen LogP contribution in [0.25, 0.3) is 6.08 Å². The van der Waals surface area contributed by atoms with Gasteiger partial charge < -0.3 is 20.1 Å². The van der Waals surface area contributed by atoms with Gasteiger partial charge in [0.1, 0.15) is 11.6 Å². The lowest BCUT2D eigenvalue weighted by atomic mass is 10.1. The fourth-order valence-corrected chi connectivity index (χ4v) is 3.32. The van der Waals surface area contributed by atoms with Gasteiger partial charge in [0, 0.05) is 23.5 Å². The number of nitro benzene ring substituents is 1. The minimum Gasteiger partial charge on any atom is -0.493 e. The van der Waals surface area contributed by atoms with Crippen LogP contribution in [0.15, 0.2) is 66.2 Å². The monoisotopic (exact) mass is 500 g/mol. The van der Waals surface area contributed by atoms with Crippen molar-refractivity contribution in [1.29, 1.82) is 5.26 Å². The van der Waals surface area contributed by atoms with Crippen molar-refractivity contribution in [3.63, 3.8) is 0 Å². The lowest BCUT2D eigenvalue weighted by Gasteiger charge is -2.12. The number of amides is 2. The number of benzene rings is 3. The van der Waals surface area contributed by atoms with Crippen molar-refractivity contribution in [2.75, 3.05) is 24.4 Å². The van der Waals surface area contributed by atoms with Crippen LogP contribution in [-0.2, 0) is 9.59 Å². The number of carbonyl (C=O) groups is 2. The second-order valence-corrected chi connectivity index (χ2v) is 7.93. The zero-order valence-corrected chi connectivity index (χ0v) is 20.4. The van der Waals surface area contributed by atoms with E-state index in [2.05, 4.69) is 10.6 Å². The summed E-state index contributed by atoms with van der Waals surface area (Å²) in [5, 5.41) is 25.7. The highest BCUT2D eigenvalue weighted by atomic mass is 16.6. The first-order valence-corrected chi connectivity index (χ1v) is 11.1. The summed E-state index contributed by atoms with van der Waals surface area (Å²) in [6, 6.07) is 17.7. The largest absolute Gasteiger partial charge is 0.493 e. The third-order valence-electron chi connectivity index (χ3n) is 5.42. The van der Waals surface area contributed by atoms with Crippen LogP contribution in [0.5, 0.6) is 11.5 Å². The molecule has 2 N–H and O–H groups in total. The maximum atomic E-state index is 12.7. The first-order chi connectivity index (χ1) is 17.7. The number of nitrogens with zero attached hydrogens (tertiary/aromatic N) is 2. The maximum absolute atomic E-state index is 12.7. The number of aryl methyl sites for hydroxylation is 1. The van der Waals surface area contributed by atoms with Crippen molar-refractivity contribution in [3.8, 4) is 17.6 Å². The molecule has 0 bridgehead atoms. The van der Waals surface area contributed by atoms with E-state index in [1.165, 1.54) is 37.5 Å². The molecule has 3 aromatic carbocycles. The summed E-state index contributed by atoms with van der Waals surface area (Å²) < 4.78 is 10.9. The molecule has 0 heterocycles. The molecule has 0 unspecified atom stereocenters. The fraction of sp³-hybridized carbons (Fsp3) is 0.148. The molecule has 0 fully saturated rings. The van der Waals surface area contributed by atoms with E-state index in [0.29, 0.717) is 11.3 Å². The van der Waals surface area contributed by atoms with Gasteiger partial charge in [0.05, 0.1) is 12.0 Å². The number of nitrogens with one attached hydrogen (secondary N) is 2. The normalized spacial score (nSPS) is 10.7. The summed E-state index contributed by atoms with van der Waals surface area (Å²) in [5.41, 5.74) is 3.06.